The van der Waals surface area contributed by atoms with Gasteiger partial charge in [-0.05, 0) is 42.9 Å². The van der Waals surface area contributed by atoms with E-state index in [9.17, 15) is 24.3 Å². The Morgan fingerprint density at radius 2 is 1.70 bits per heavy atom. The fraction of sp³-hybridized carbons (Fsp3) is 0.545. The molecule has 3 N–H and O–H groups in total. The average Bonchev–Trinajstić information content (AvgIpc) is 3.47. The summed E-state index contributed by atoms with van der Waals surface area (Å²) in [4.78, 5) is 47.6. The second-order valence-corrected chi connectivity index (χ2v) is 8.01. The van der Waals surface area contributed by atoms with E-state index in [4.69, 9.17) is 9.84 Å². The van der Waals surface area contributed by atoms with Gasteiger partial charge in [-0.2, -0.15) is 0 Å². The molecule has 0 aliphatic carbocycles. The lowest BCUT2D eigenvalue weighted by Crippen LogP contribution is -2.44. The summed E-state index contributed by atoms with van der Waals surface area (Å²) >= 11 is 0. The normalized spacial score (nSPS) is 18.6. The first-order valence-electron chi connectivity index (χ1n) is 10.2. The number of nitrogens with one attached hydrogen (secondary N) is 1. The predicted molar refractivity (Wildman–Crippen MR) is 108 cm³/mol. The first kappa shape index (κ1) is 23.5. The second-order valence-electron chi connectivity index (χ2n) is 8.01. The van der Waals surface area contributed by atoms with Gasteiger partial charge in [-0.3, -0.25) is 19.2 Å². The van der Waals surface area contributed by atoms with Gasteiger partial charge in [0.1, 0.15) is 5.75 Å². The zero-order valence-electron chi connectivity index (χ0n) is 17.3. The summed E-state index contributed by atoms with van der Waals surface area (Å²) in [5.41, 5.74) is 1.00. The van der Waals surface area contributed by atoms with Gasteiger partial charge in [0, 0.05) is 12.8 Å². The molecule has 1 unspecified atom stereocenters. The number of benzene rings is 1. The van der Waals surface area contributed by atoms with Crippen LogP contribution in [0.1, 0.15) is 51.5 Å². The number of aryl methyl sites for hydroxylation is 1. The van der Waals surface area contributed by atoms with Crippen LogP contribution in [0.25, 0.3) is 0 Å². The Hall–Kier alpha value is -2.74. The van der Waals surface area contributed by atoms with Crippen molar-refractivity contribution in [3.63, 3.8) is 0 Å². The topological polar surface area (TPSA) is 133 Å². The Kier molecular flexibility index (Phi) is 8.53. The van der Waals surface area contributed by atoms with Crippen LogP contribution in [-0.4, -0.2) is 51.9 Å². The maximum absolute atomic E-state index is 12.4. The monoisotopic (exact) mass is 419 g/mol. The van der Waals surface area contributed by atoms with Gasteiger partial charge >= 0.3 is 5.97 Å². The van der Waals surface area contributed by atoms with E-state index in [1.807, 2.05) is 13.8 Å². The highest BCUT2D eigenvalue weighted by Crippen LogP contribution is 2.26. The maximum Gasteiger partial charge on any atom is 0.303 e. The minimum atomic E-state index is -1.07. The van der Waals surface area contributed by atoms with Crippen LogP contribution >= 0.6 is 0 Å². The number of ketones is 2. The molecule has 164 valence electrons. The zero-order chi connectivity index (χ0) is 22.3. The number of rotatable bonds is 13. The standard InChI is InChI=1S/C22H29NO7/c1-13(2)12-16(17(25)10-11-19(27)28)23-22(29)21-20(30-21)18(26)5-3-4-14-6-8-15(24)9-7-14/h6-9,13,16,20-21,24H,3-5,10-12H2,1-2H3,(H,23,29)(H,27,28)/t16-,20+,21?/m0/s1. The van der Waals surface area contributed by atoms with Crippen molar-refractivity contribution >= 4 is 23.4 Å². The SMILES string of the molecule is CC(C)C[C@H](NC(=O)C1O[C@@H]1C(=O)CCCc1ccc(O)cc1)C(=O)CCC(=O)O. The largest absolute Gasteiger partial charge is 0.508 e. The maximum atomic E-state index is 12.4. The summed E-state index contributed by atoms with van der Waals surface area (Å²) in [5, 5.41) is 20.6. The number of aromatic hydroxyl groups is 1. The summed E-state index contributed by atoms with van der Waals surface area (Å²) in [5.74, 6) is -1.76. The van der Waals surface area contributed by atoms with Gasteiger partial charge < -0.3 is 20.3 Å². The molecule has 0 bridgehead atoms. The minimum Gasteiger partial charge on any atom is -0.508 e. The number of hydrogen-bond donors (Lipinski definition) is 3. The Bertz CT molecular complexity index is 772. The van der Waals surface area contributed by atoms with Crippen LogP contribution in [-0.2, 0) is 30.3 Å². The number of carboxylic acid groups (broad SMARTS) is 1. The highest BCUT2D eigenvalue weighted by molar-refractivity contribution is 5.98. The molecule has 1 aromatic rings. The first-order valence-corrected chi connectivity index (χ1v) is 10.2. The number of ether oxygens (including phenoxy) is 1. The van der Waals surface area contributed by atoms with Crippen molar-refractivity contribution in [3.05, 3.63) is 29.8 Å². The number of aliphatic carboxylic acids is 1. The molecular weight excluding hydrogens is 390 g/mol. The Morgan fingerprint density at radius 3 is 2.30 bits per heavy atom. The van der Waals surface area contributed by atoms with Gasteiger partial charge in [0.15, 0.2) is 23.8 Å². The molecule has 3 atom stereocenters. The molecule has 0 saturated carbocycles. The van der Waals surface area contributed by atoms with E-state index in [2.05, 4.69) is 5.32 Å². The van der Waals surface area contributed by atoms with Crippen molar-refractivity contribution < 1.29 is 34.1 Å². The number of phenolic OH excluding ortho intramolecular Hbond substituents is 1. The van der Waals surface area contributed by atoms with E-state index < -0.39 is 30.1 Å². The van der Waals surface area contributed by atoms with Gasteiger partial charge in [0.25, 0.3) is 5.91 Å². The van der Waals surface area contributed by atoms with Crippen molar-refractivity contribution in [2.75, 3.05) is 0 Å². The van der Waals surface area contributed by atoms with Gasteiger partial charge in [-0.1, -0.05) is 26.0 Å². The van der Waals surface area contributed by atoms with Crippen LogP contribution in [0, 0.1) is 5.92 Å². The summed E-state index contributed by atoms with van der Waals surface area (Å²) in [7, 11) is 0. The molecule has 2 rings (SSSR count). The molecule has 0 aromatic heterocycles. The molecule has 1 aromatic carbocycles. The van der Waals surface area contributed by atoms with Crippen LogP contribution in [0.4, 0.5) is 0 Å². The Balaban J connectivity index is 1.79. The summed E-state index contributed by atoms with van der Waals surface area (Å²) in [6.07, 6.45) is -0.203. The second kappa shape index (κ2) is 10.9. The number of Topliss-reactive ketones (excluding diaryl/α,β-unsaturated/α-hetero) is 2. The van der Waals surface area contributed by atoms with Gasteiger partial charge in [-0.25, -0.2) is 0 Å². The van der Waals surface area contributed by atoms with E-state index >= 15 is 0 Å². The number of amides is 1. The molecule has 1 aliphatic heterocycles. The van der Waals surface area contributed by atoms with Crippen molar-refractivity contribution in [2.24, 2.45) is 5.92 Å². The summed E-state index contributed by atoms with van der Waals surface area (Å²) in [6.45, 7) is 3.80. The number of carbonyl (C=O) groups excluding carboxylic acids is 3. The lowest BCUT2D eigenvalue weighted by Gasteiger charge is -2.19. The molecule has 1 fully saturated rings. The fourth-order valence-electron chi connectivity index (χ4n) is 3.23. The van der Waals surface area contributed by atoms with Crippen LogP contribution in [0.5, 0.6) is 5.75 Å². The first-order chi connectivity index (χ1) is 14.2. The quantitative estimate of drug-likeness (QED) is 0.417. The van der Waals surface area contributed by atoms with Crippen LogP contribution in [0.2, 0.25) is 0 Å². The van der Waals surface area contributed by atoms with Crippen molar-refractivity contribution in [1.82, 2.24) is 5.32 Å². The fourth-order valence-corrected chi connectivity index (χ4v) is 3.23. The van der Waals surface area contributed by atoms with E-state index in [-0.39, 0.29) is 42.5 Å². The molecule has 8 nitrogen and oxygen atoms in total. The highest BCUT2D eigenvalue weighted by Gasteiger charge is 2.50. The third-order valence-corrected chi connectivity index (χ3v) is 4.89. The molecule has 1 saturated heterocycles. The molecule has 1 heterocycles. The summed E-state index contributed by atoms with van der Waals surface area (Å²) in [6, 6.07) is 5.98. The zero-order valence-corrected chi connectivity index (χ0v) is 17.3. The number of hydrogen-bond acceptors (Lipinski definition) is 6. The predicted octanol–water partition coefficient (Wildman–Crippen LogP) is 2.02. The Labute approximate surface area is 175 Å². The van der Waals surface area contributed by atoms with Crippen molar-refractivity contribution in [2.45, 2.75) is 70.6 Å². The molecule has 1 amide bonds. The van der Waals surface area contributed by atoms with Gasteiger partial charge in [0.2, 0.25) is 0 Å². The number of carboxylic acids is 1. The molecule has 1 aliphatic rings. The number of carbonyl (C=O) groups is 4. The van der Waals surface area contributed by atoms with Crippen molar-refractivity contribution in [1.29, 1.82) is 0 Å². The smallest absolute Gasteiger partial charge is 0.303 e. The molecule has 30 heavy (non-hydrogen) atoms. The van der Waals surface area contributed by atoms with E-state index in [0.29, 0.717) is 19.3 Å². The minimum absolute atomic E-state index is 0.126. The van der Waals surface area contributed by atoms with Crippen LogP contribution in [0.3, 0.4) is 0 Å². The van der Waals surface area contributed by atoms with E-state index in [0.717, 1.165) is 5.56 Å². The third kappa shape index (κ3) is 7.59. The molecule has 8 heteroatoms. The van der Waals surface area contributed by atoms with Crippen LogP contribution in [0.15, 0.2) is 24.3 Å². The number of epoxide rings is 1. The number of phenols is 1. The molecule has 0 spiro atoms. The lowest BCUT2D eigenvalue weighted by atomic mass is 9.97. The van der Waals surface area contributed by atoms with Crippen LogP contribution < -0.4 is 5.32 Å². The van der Waals surface area contributed by atoms with E-state index in [1.165, 1.54) is 0 Å². The molecule has 0 radical (unpaired) electrons. The van der Waals surface area contributed by atoms with Gasteiger partial charge in [0.05, 0.1) is 12.5 Å². The lowest BCUT2D eigenvalue weighted by molar-refractivity contribution is -0.139. The third-order valence-electron chi connectivity index (χ3n) is 4.89. The molecular formula is C22H29NO7. The average molecular weight is 419 g/mol. The van der Waals surface area contributed by atoms with E-state index in [1.54, 1.807) is 24.3 Å². The van der Waals surface area contributed by atoms with Gasteiger partial charge in [-0.15, -0.1) is 0 Å². The Morgan fingerprint density at radius 1 is 1.03 bits per heavy atom. The van der Waals surface area contributed by atoms with Crippen molar-refractivity contribution in [3.8, 4) is 5.75 Å². The summed E-state index contributed by atoms with van der Waals surface area (Å²) < 4.78 is 5.24. The highest BCUT2D eigenvalue weighted by atomic mass is 16.6.